The maximum absolute atomic E-state index is 5.65. The minimum absolute atomic E-state index is 0.579. The zero-order valence-corrected chi connectivity index (χ0v) is 14.2. The van der Waals surface area contributed by atoms with Crippen LogP contribution in [0, 0.1) is 0 Å². The van der Waals surface area contributed by atoms with E-state index in [2.05, 4.69) is 9.88 Å². The van der Waals surface area contributed by atoms with Gasteiger partial charge in [0, 0.05) is 31.2 Å². The van der Waals surface area contributed by atoms with E-state index >= 15 is 0 Å². The summed E-state index contributed by atoms with van der Waals surface area (Å²) in [5.41, 5.74) is 1.12. The van der Waals surface area contributed by atoms with Gasteiger partial charge in [0.15, 0.2) is 0 Å². The molecule has 0 spiro atoms. The Morgan fingerprint density at radius 3 is 1.38 bits per heavy atom. The van der Waals surface area contributed by atoms with Crippen LogP contribution in [0.2, 0.25) is 0 Å². The van der Waals surface area contributed by atoms with E-state index in [9.17, 15) is 0 Å². The zero-order valence-electron chi connectivity index (χ0n) is 14.2. The van der Waals surface area contributed by atoms with E-state index in [4.69, 9.17) is 23.7 Å². The summed E-state index contributed by atoms with van der Waals surface area (Å²) in [7, 11) is 0. The predicted molar refractivity (Wildman–Crippen MR) is 90.5 cm³/mol. The summed E-state index contributed by atoms with van der Waals surface area (Å²) < 4.78 is 27.6. The third kappa shape index (κ3) is 8.56. The Labute approximate surface area is 143 Å². The molecule has 0 bridgehead atoms. The van der Waals surface area contributed by atoms with Gasteiger partial charge >= 0.3 is 0 Å². The SMILES string of the molecule is c1cc(N2CCOCCOCCOCCOCCOCC2)ccn1. The second kappa shape index (κ2) is 13.1. The van der Waals surface area contributed by atoms with Crippen molar-refractivity contribution < 1.29 is 23.7 Å². The molecule has 2 rings (SSSR count). The molecular formula is C17H28N2O5. The highest BCUT2D eigenvalue weighted by atomic mass is 16.6. The van der Waals surface area contributed by atoms with Crippen LogP contribution in [0.3, 0.4) is 0 Å². The molecule has 0 aromatic carbocycles. The average molecular weight is 340 g/mol. The van der Waals surface area contributed by atoms with Gasteiger partial charge in [-0.15, -0.1) is 0 Å². The molecular weight excluding hydrogens is 312 g/mol. The lowest BCUT2D eigenvalue weighted by atomic mass is 10.3. The molecule has 2 heterocycles. The fourth-order valence-electron chi connectivity index (χ4n) is 2.26. The molecule has 7 heteroatoms. The van der Waals surface area contributed by atoms with Crippen molar-refractivity contribution in [3.63, 3.8) is 0 Å². The van der Waals surface area contributed by atoms with Crippen molar-refractivity contribution in [2.75, 3.05) is 84.1 Å². The van der Waals surface area contributed by atoms with Crippen molar-refractivity contribution in [3.05, 3.63) is 24.5 Å². The van der Waals surface area contributed by atoms with E-state index in [1.54, 1.807) is 12.4 Å². The van der Waals surface area contributed by atoms with Gasteiger partial charge in [0.05, 0.1) is 66.1 Å². The van der Waals surface area contributed by atoms with Crippen LogP contribution in [0.1, 0.15) is 0 Å². The van der Waals surface area contributed by atoms with Crippen molar-refractivity contribution >= 4 is 5.69 Å². The molecule has 7 nitrogen and oxygen atoms in total. The van der Waals surface area contributed by atoms with Crippen LogP contribution >= 0.6 is 0 Å². The lowest BCUT2D eigenvalue weighted by Gasteiger charge is -2.24. The summed E-state index contributed by atoms with van der Waals surface area (Å²) in [6, 6.07) is 4.00. The largest absolute Gasteiger partial charge is 0.377 e. The molecule has 0 saturated carbocycles. The summed E-state index contributed by atoms with van der Waals surface area (Å²) in [5, 5.41) is 0. The van der Waals surface area contributed by atoms with E-state index in [0.29, 0.717) is 66.1 Å². The lowest BCUT2D eigenvalue weighted by molar-refractivity contribution is -0.0116. The summed E-state index contributed by atoms with van der Waals surface area (Å²) in [4.78, 5) is 6.31. The molecule has 0 N–H and O–H groups in total. The molecule has 0 aliphatic carbocycles. The molecule has 0 atom stereocenters. The van der Waals surface area contributed by atoms with Crippen molar-refractivity contribution in [2.45, 2.75) is 0 Å². The van der Waals surface area contributed by atoms with Gasteiger partial charge in [0.2, 0.25) is 0 Å². The Morgan fingerprint density at radius 1 is 0.583 bits per heavy atom. The van der Waals surface area contributed by atoms with Crippen molar-refractivity contribution in [1.29, 1.82) is 0 Å². The third-order valence-corrected chi connectivity index (χ3v) is 3.53. The minimum Gasteiger partial charge on any atom is -0.377 e. The van der Waals surface area contributed by atoms with E-state index in [0.717, 1.165) is 18.8 Å². The van der Waals surface area contributed by atoms with Crippen LogP contribution in [-0.4, -0.2) is 84.1 Å². The zero-order chi connectivity index (χ0) is 16.7. The number of pyridine rings is 1. The normalized spacial score (nSPS) is 20.9. The van der Waals surface area contributed by atoms with Crippen LogP contribution in [-0.2, 0) is 23.7 Å². The van der Waals surface area contributed by atoms with Crippen molar-refractivity contribution in [2.24, 2.45) is 0 Å². The third-order valence-electron chi connectivity index (χ3n) is 3.53. The Morgan fingerprint density at radius 2 is 0.958 bits per heavy atom. The van der Waals surface area contributed by atoms with Gasteiger partial charge < -0.3 is 28.6 Å². The quantitative estimate of drug-likeness (QED) is 0.755. The Hall–Kier alpha value is -1.25. The topological polar surface area (TPSA) is 62.3 Å². The molecule has 1 aliphatic rings. The number of hydrogen-bond donors (Lipinski definition) is 0. The Kier molecular flexibility index (Phi) is 10.4. The first-order valence-electron chi connectivity index (χ1n) is 8.50. The smallest absolute Gasteiger partial charge is 0.0701 e. The van der Waals surface area contributed by atoms with Gasteiger partial charge in [0.25, 0.3) is 0 Å². The van der Waals surface area contributed by atoms with Gasteiger partial charge in [-0.1, -0.05) is 0 Å². The number of anilines is 1. The highest BCUT2D eigenvalue weighted by Crippen LogP contribution is 2.11. The lowest BCUT2D eigenvalue weighted by Crippen LogP contribution is -2.31. The summed E-state index contributed by atoms with van der Waals surface area (Å²) >= 11 is 0. The fourth-order valence-corrected chi connectivity index (χ4v) is 2.26. The Balaban J connectivity index is 1.77. The first kappa shape index (κ1) is 19.1. The summed E-state index contributed by atoms with van der Waals surface area (Å²) in [5.74, 6) is 0. The van der Waals surface area contributed by atoms with E-state index in [-0.39, 0.29) is 0 Å². The van der Waals surface area contributed by atoms with E-state index < -0.39 is 0 Å². The predicted octanol–water partition coefficient (Wildman–Crippen LogP) is 0.985. The summed E-state index contributed by atoms with van der Waals surface area (Å²) in [6.07, 6.45) is 3.60. The average Bonchev–Trinajstić information content (AvgIpc) is 2.62. The first-order chi connectivity index (χ1) is 12.0. The summed E-state index contributed by atoms with van der Waals surface area (Å²) in [6.45, 7) is 7.54. The molecule has 0 unspecified atom stereocenters. The maximum atomic E-state index is 5.65. The van der Waals surface area contributed by atoms with Gasteiger partial charge in [-0.05, 0) is 12.1 Å². The molecule has 1 aliphatic heterocycles. The Bertz CT molecular complexity index is 389. The molecule has 1 saturated heterocycles. The maximum Gasteiger partial charge on any atom is 0.0701 e. The number of ether oxygens (including phenoxy) is 5. The second-order valence-corrected chi connectivity index (χ2v) is 5.25. The van der Waals surface area contributed by atoms with Crippen molar-refractivity contribution in [3.8, 4) is 0 Å². The number of nitrogens with zero attached hydrogens (tertiary/aromatic N) is 2. The van der Waals surface area contributed by atoms with Gasteiger partial charge in [0.1, 0.15) is 0 Å². The molecule has 1 aromatic heterocycles. The molecule has 1 aromatic rings. The molecule has 0 amide bonds. The van der Waals surface area contributed by atoms with Gasteiger partial charge in [-0.2, -0.15) is 0 Å². The highest BCUT2D eigenvalue weighted by molar-refractivity contribution is 5.44. The van der Waals surface area contributed by atoms with Crippen LogP contribution in [0.5, 0.6) is 0 Å². The molecule has 0 radical (unpaired) electrons. The second-order valence-electron chi connectivity index (χ2n) is 5.25. The van der Waals surface area contributed by atoms with Gasteiger partial charge in [-0.3, -0.25) is 4.98 Å². The standard InChI is InChI=1S/C17H28N2O5/c1-3-18-4-2-17(1)19-5-7-20-9-11-22-13-15-24-16-14-23-12-10-21-8-6-19/h1-4H,5-16H2. The van der Waals surface area contributed by atoms with E-state index in [1.807, 2.05) is 12.1 Å². The van der Waals surface area contributed by atoms with Crippen molar-refractivity contribution in [1.82, 2.24) is 4.98 Å². The fraction of sp³-hybridized carbons (Fsp3) is 0.706. The number of rotatable bonds is 1. The van der Waals surface area contributed by atoms with Crippen LogP contribution < -0.4 is 4.90 Å². The molecule has 136 valence electrons. The van der Waals surface area contributed by atoms with E-state index in [1.165, 1.54) is 0 Å². The first-order valence-corrected chi connectivity index (χ1v) is 8.50. The highest BCUT2D eigenvalue weighted by Gasteiger charge is 2.06. The van der Waals surface area contributed by atoms with Crippen LogP contribution in [0.25, 0.3) is 0 Å². The monoisotopic (exact) mass is 340 g/mol. The van der Waals surface area contributed by atoms with Gasteiger partial charge in [-0.25, -0.2) is 0 Å². The minimum atomic E-state index is 0.579. The van der Waals surface area contributed by atoms with Crippen LogP contribution in [0.4, 0.5) is 5.69 Å². The molecule has 1 fully saturated rings. The van der Waals surface area contributed by atoms with Crippen LogP contribution in [0.15, 0.2) is 24.5 Å². The number of aromatic nitrogens is 1. The number of hydrogen-bond acceptors (Lipinski definition) is 7. The molecule has 24 heavy (non-hydrogen) atoms.